The van der Waals surface area contributed by atoms with Crippen LogP contribution in [0.1, 0.15) is 42.0 Å². The van der Waals surface area contributed by atoms with E-state index < -0.39 is 0 Å². The Balaban J connectivity index is 1.68. The number of carbonyl (C=O) groups excluding carboxylic acids is 1. The lowest BCUT2D eigenvalue weighted by Crippen LogP contribution is -2.43. The summed E-state index contributed by atoms with van der Waals surface area (Å²) in [7, 11) is 0. The molecule has 2 aromatic rings. The molecule has 2 aliphatic rings. The summed E-state index contributed by atoms with van der Waals surface area (Å²) < 4.78 is 1.49. The number of fused-ring (bicyclic) bond motifs is 1. The van der Waals surface area contributed by atoms with Crippen molar-refractivity contribution in [3.8, 4) is 0 Å². The molecule has 24 heavy (non-hydrogen) atoms. The van der Waals surface area contributed by atoms with E-state index >= 15 is 0 Å². The molecule has 1 aromatic heterocycles. The van der Waals surface area contributed by atoms with Gasteiger partial charge in [0.25, 0.3) is 5.91 Å². The van der Waals surface area contributed by atoms with Gasteiger partial charge in [-0.05, 0) is 37.8 Å². The van der Waals surface area contributed by atoms with Gasteiger partial charge in [-0.1, -0.05) is 49.0 Å². The first-order valence-corrected chi connectivity index (χ1v) is 9.45. The Morgan fingerprint density at radius 2 is 2.08 bits per heavy atom. The molecule has 0 spiro atoms. The average Bonchev–Trinajstić information content (AvgIpc) is 3.07. The van der Waals surface area contributed by atoms with Gasteiger partial charge in [0.15, 0.2) is 5.16 Å². The van der Waals surface area contributed by atoms with E-state index in [1.807, 2.05) is 13.0 Å². The summed E-state index contributed by atoms with van der Waals surface area (Å²) in [6.07, 6.45) is 2.46. The average molecular weight is 342 g/mol. The van der Waals surface area contributed by atoms with Crippen molar-refractivity contribution in [2.75, 3.05) is 13.1 Å². The lowest BCUT2D eigenvalue weighted by Gasteiger charge is -2.39. The molecule has 1 aromatic carbocycles. The van der Waals surface area contributed by atoms with E-state index in [-0.39, 0.29) is 17.2 Å². The molecular formula is C18H22N4OS. The fourth-order valence-corrected chi connectivity index (χ4v) is 5.11. The van der Waals surface area contributed by atoms with E-state index in [0.29, 0.717) is 11.7 Å². The van der Waals surface area contributed by atoms with Crippen LogP contribution in [0.15, 0.2) is 35.5 Å². The molecule has 6 heteroatoms. The molecule has 3 atom stereocenters. The van der Waals surface area contributed by atoms with Crippen LogP contribution in [0.25, 0.3) is 0 Å². The smallest absolute Gasteiger partial charge is 0.264 e. The largest absolute Gasteiger partial charge is 0.294 e. The van der Waals surface area contributed by atoms with Crippen LogP contribution < -0.4 is 0 Å². The van der Waals surface area contributed by atoms with Gasteiger partial charge >= 0.3 is 0 Å². The van der Waals surface area contributed by atoms with Crippen molar-refractivity contribution in [3.05, 3.63) is 41.7 Å². The molecule has 0 N–H and O–H groups in total. The molecule has 0 amide bonds. The number of hydrogen-bond donors (Lipinski definition) is 0. The fourth-order valence-electron chi connectivity index (χ4n) is 3.81. The number of benzene rings is 1. The molecule has 2 aliphatic heterocycles. The predicted octanol–water partition coefficient (Wildman–Crippen LogP) is 3.17. The number of nitrogens with zero attached hydrogens (tertiary/aromatic N) is 4. The lowest BCUT2D eigenvalue weighted by molar-refractivity contribution is 0.0788. The second kappa shape index (κ2) is 6.33. The molecular weight excluding hydrogens is 320 g/mol. The molecule has 3 heterocycles. The molecule has 4 rings (SSSR count). The molecule has 0 radical (unpaired) electrons. The minimum atomic E-state index is -0.173. The molecule has 3 unspecified atom stereocenters. The second-order valence-corrected chi connectivity index (χ2v) is 7.94. The molecule has 1 fully saturated rings. The van der Waals surface area contributed by atoms with Gasteiger partial charge in [0.05, 0.1) is 6.04 Å². The monoisotopic (exact) mass is 342 g/mol. The SMILES string of the molecule is Cc1nc2n(n1)C(=O)C(C(c1ccccc1)N1CCCC(C)C1)S2. The molecule has 0 bridgehead atoms. The van der Waals surface area contributed by atoms with Crippen molar-refractivity contribution < 1.29 is 4.79 Å². The van der Waals surface area contributed by atoms with Crippen LogP contribution in [0.3, 0.4) is 0 Å². The van der Waals surface area contributed by atoms with Crippen LogP contribution in [0.5, 0.6) is 0 Å². The van der Waals surface area contributed by atoms with E-state index in [1.54, 1.807) is 11.8 Å². The van der Waals surface area contributed by atoms with E-state index in [2.05, 4.69) is 46.2 Å². The van der Waals surface area contributed by atoms with Gasteiger partial charge < -0.3 is 0 Å². The first kappa shape index (κ1) is 15.8. The maximum atomic E-state index is 13.0. The summed E-state index contributed by atoms with van der Waals surface area (Å²) in [5.74, 6) is 1.39. The number of likely N-dealkylation sites (tertiary alicyclic amines) is 1. The van der Waals surface area contributed by atoms with Crippen LogP contribution in [0.2, 0.25) is 0 Å². The number of carbonyl (C=O) groups is 1. The minimum Gasteiger partial charge on any atom is -0.294 e. The number of aryl methyl sites for hydroxylation is 1. The van der Waals surface area contributed by atoms with Gasteiger partial charge in [-0.25, -0.2) is 4.98 Å². The third-order valence-electron chi connectivity index (χ3n) is 4.88. The first-order chi connectivity index (χ1) is 11.6. The Morgan fingerprint density at radius 1 is 1.29 bits per heavy atom. The van der Waals surface area contributed by atoms with Crippen molar-refractivity contribution >= 4 is 17.7 Å². The number of aromatic nitrogens is 3. The summed E-state index contributed by atoms with van der Waals surface area (Å²) in [5, 5.41) is 4.83. The van der Waals surface area contributed by atoms with Gasteiger partial charge in [-0.3, -0.25) is 9.69 Å². The third kappa shape index (κ3) is 2.78. The van der Waals surface area contributed by atoms with Crippen LogP contribution in [0.4, 0.5) is 0 Å². The van der Waals surface area contributed by atoms with Crippen LogP contribution in [-0.4, -0.2) is 43.9 Å². The highest BCUT2D eigenvalue weighted by atomic mass is 32.2. The lowest BCUT2D eigenvalue weighted by atomic mass is 9.94. The van der Waals surface area contributed by atoms with Crippen molar-refractivity contribution in [3.63, 3.8) is 0 Å². The zero-order valence-corrected chi connectivity index (χ0v) is 14.9. The third-order valence-corrected chi connectivity index (χ3v) is 6.07. The molecule has 5 nitrogen and oxygen atoms in total. The summed E-state index contributed by atoms with van der Waals surface area (Å²) in [5.41, 5.74) is 1.21. The molecule has 1 saturated heterocycles. The predicted molar refractivity (Wildman–Crippen MR) is 94.2 cm³/mol. The summed E-state index contributed by atoms with van der Waals surface area (Å²) in [6.45, 7) is 6.21. The van der Waals surface area contributed by atoms with E-state index in [1.165, 1.54) is 23.1 Å². The Labute approximate surface area is 146 Å². The molecule has 126 valence electrons. The molecule has 0 saturated carbocycles. The summed E-state index contributed by atoms with van der Waals surface area (Å²) in [4.78, 5) is 19.8. The van der Waals surface area contributed by atoms with Crippen molar-refractivity contribution in [1.29, 1.82) is 0 Å². The Kier molecular flexibility index (Phi) is 4.18. The van der Waals surface area contributed by atoms with E-state index in [0.717, 1.165) is 18.2 Å². The first-order valence-electron chi connectivity index (χ1n) is 8.57. The van der Waals surface area contributed by atoms with Crippen LogP contribution in [0, 0.1) is 12.8 Å². The Hall–Kier alpha value is -1.66. The fraction of sp³-hybridized carbons (Fsp3) is 0.500. The quantitative estimate of drug-likeness (QED) is 0.857. The number of hydrogen-bond acceptors (Lipinski definition) is 5. The summed E-state index contributed by atoms with van der Waals surface area (Å²) in [6, 6.07) is 10.5. The highest BCUT2D eigenvalue weighted by Gasteiger charge is 2.43. The summed E-state index contributed by atoms with van der Waals surface area (Å²) >= 11 is 1.56. The minimum absolute atomic E-state index is 0.0580. The van der Waals surface area contributed by atoms with Gasteiger partial charge in [0, 0.05) is 6.54 Å². The van der Waals surface area contributed by atoms with Gasteiger partial charge in [-0.15, -0.1) is 5.10 Å². The highest BCUT2D eigenvalue weighted by Crippen LogP contribution is 2.42. The second-order valence-electron chi connectivity index (χ2n) is 6.83. The standard InChI is InChI=1S/C18H22N4OS/c1-12-7-6-10-21(11-12)15(14-8-4-3-5-9-14)16-17(23)22-18(24-16)19-13(2)20-22/h3-5,8-9,12,15-16H,6-7,10-11H2,1-2H3. The van der Waals surface area contributed by atoms with Crippen molar-refractivity contribution in [2.45, 2.75) is 43.1 Å². The van der Waals surface area contributed by atoms with Gasteiger partial charge in [0.1, 0.15) is 11.1 Å². The number of rotatable bonds is 3. The van der Waals surface area contributed by atoms with Gasteiger partial charge in [-0.2, -0.15) is 4.68 Å². The zero-order valence-electron chi connectivity index (χ0n) is 14.1. The van der Waals surface area contributed by atoms with Crippen LogP contribution in [-0.2, 0) is 0 Å². The van der Waals surface area contributed by atoms with E-state index in [4.69, 9.17) is 0 Å². The van der Waals surface area contributed by atoms with E-state index in [9.17, 15) is 4.79 Å². The number of piperidine rings is 1. The van der Waals surface area contributed by atoms with Crippen molar-refractivity contribution in [2.24, 2.45) is 5.92 Å². The number of thioether (sulfide) groups is 1. The maximum Gasteiger partial charge on any atom is 0.264 e. The zero-order chi connectivity index (χ0) is 16.7. The van der Waals surface area contributed by atoms with Gasteiger partial charge in [0.2, 0.25) is 0 Å². The van der Waals surface area contributed by atoms with Crippen molar-refractivity contribution in [1.82, 2.24) is 19.7 Å². The molecule has 0 aliphatic carbocycles. The topological polar surface area (TPSA) is 51.0 Å². The highest BCUT2D eigenvalue weighted by molar-refractivity contribution is 8.00. The van der Waals surface area contributed by atoms with Crippen LogP contribution >= 0.6 is 11.8 Å². The Bertz CT molecular complexity index is 745. The normalized spacial score (nSPS) is 25.7. The Morgan fingerprint density at radius 3 is 2.79 bits per heavy atom. The maximum absolute atomic E-state index is 13.0.